The highest BCUT2D eigenvalue weighted by molar-refractivity contribution is 5.76. The van der Waals surface area contributed by atoms with Crippen LogP contribution in [0.2, 0.25) is 0 Å². The van der Waals surface area contributed by atoms with Gasteiger partial charge in [-0.2, -0.15) is 0 Å². The van der Waals surface area contributed by atoms with E-state index in [4.69, 9.17) is 5.11 Å². The zero-order valence-electron chi connectivity index (χ0n) is 15.2. The Kier molecular flexibility index (Phi) is 6.39. The summed E-state index contributed by atoms with van der Waals surface area (Å²) in [6.45, 7) is 8.12. The minimum Gasteiger partial charge on any atom is -0.395 e. The summed E-state index contributed by atoms with van der Waals surface area (Å²) in [7, 11) is 0. The Morgan fingerprint density at radius 1 is 1.36 bits per heavy atom. The van der Waals surface area contributed by atoms with Gasteiger partial charge in [-0.3, -0.25) is 10.1 Å². The molecular formula is C18H28N4O3. The van der Waals surface area contributed by atoms with Crippen LogP contribution in [0.1, 0.15) is 31.1 Å². The number of urea groups is 1. The molecule has 1 heterocycles. The third kappa shape index (κ3) is 4.29. The van der Waals surface area contributed by atoms with Crippen molar-refractivity contribution in [1.82, 2.24) is 15.5 Å². The number of hydrogen-bond acceptors (Lipinski definition) is 5. The number of aliphatic hydroxyl groups excluding tert-OH is 1. The van der Waals surface area contributed by atoms with Crippen molar-refractivity contribution in [1.29, 1.82) is 0 Å². The molecule has 1 aromatic carbocycles. The Bertz CT molecular complexity index is 590. The molecule has 25 heavy (non-hydrogen) atoms. The summed E-state index contributed by atoms with van der Waals surface area (Å²) in [4.78, 5) is 27.4. The average molecular weight is 348 g/mol. The monoisotopic (exact) mass is 348 g/mol. The summed E-state index contributed by atoms with van der Waals surface area (Å²) in [5, 5.41) is 15.0. The number of hydrogen-bond donors (Lipinski definition) is 3. The maximum absolute atomic E-state index is 12.6. The normalized spacial score (nSPS) is 21.2. The second-order valence-corrected chi connectivity index (χ2v) is 6.87. The van der Waals surface area contributed by atoms with E-state index in [-0.39, 0.29) is 25.1 Å². The Hall–Kier alpha value is -2.12. The van der Waals surface area contributed by atoms with Gasteiger partial charge in [0, 0.05) is 24.3 Å². The number of carbonyl (C=O) groups is 2. The van der Waals surface area contributed by atoms with Crippen LogP contribution in [0.3, 0.4) is 0 Å². The van der Waals surface area contributed by atoms with Gasteiger partial charge in [0.2, 0.25) is 0 Å². The first-order valence-corrected chi connectivity index (χ1v) is 8.59. The molecular weight excluding hydrogens is 320 g/mol. The largest absolute Gasteiger partial charge is 0.395 e. The molecule has 1 saturated heterocycles. The summed E-state index contributed by atoms with van der Waals surface area (Å²) in [6.07, 6.45) is 0.829. The van der Waals surface area contributed by atoms with Crippen LogP contribution in [0.15, 0.2) is 24.3 Å². The summed E-state index contributed by atoms with van der Waals surface area (Å²) >= 11 is 0. The standard InChI is InChI=1S/C18H28N4O3/c1-14(2)18(3)11-21(16-6-4-15(10-24)5-7-16)12-19-13-22(18)17(25)20-8-9-23/h4-7,10,14,19,23H,8-9,11-13H2,1-3H3,(H,20,25). The molecule has 2 amide bonds. The Morgan fingerprint density at radius 2 is 2.04 bits per heavy atom. The van der Waals surface area contributed by atoms with Crippen LogP contribution in [0.4, 0.5) is 10.5 Å². The SMILES string of the molecule is CC(C)C1(C)CN(c2ccc(C=O)cc2)CNCN1C(=O)NCCO. The highest BCUT2D eigenvalue weighted by Gasteiger charge is 2.41. The molecule has 0 aliphatic carbocycles. The highest BCUT2D eigenvalue weighted by Crippen LogP contribution is 2.29. The molecule has 0 bridgehead atoms. The van der Waals surface area contributed by atoms with Gasteiger partial charge in [-0.25, -0.2) is 4.79 Å². The van der Waals surface area contributed by atoms with Gasteiger partial charge in [-0.1, -0.05) is 13.8 Å². The number of amides is 2. The zero-order chi connectivity index (χ0) is 18.4. The van der Waals surface area contributed by atoms with Gasteiger partial charge in [-0.15, -0.1) is 0 Å². The molecule has 1 atom stereocenters. The fourth-order valence-corrected chi connectivity index (χ4v) is 3.01. The molecule has 1 unspecified atom stereocenters. The summed E-state index contributed by atoms with van der Waals surface area (Å²) in [5.74, 6) is 0.226. The average Bonchev–Trinajstić information content (AvgIpc) is 2.79. The van der Waals surface area contributed by atoms with Crippen molar-refractivity contribution >= 4 is 18.0 Å². The van der Waals surface area contributed by atoms with Crippen molar-refractivity contribution in [2.45, 2.75) is 26.3 Å². The molecule has 7 nitrogen and oxygen atoms in total. The van der Waals surface area contributed by atoms with Crippen LogP contribution >= 0.6 is 0 Å². The Labute approximate surface area is 149 Å². The van der Waals surface area contributed by atoms with Crippen LogP contribution in [0.25, 0.3) is 0 Å². The van der Waals surface area contributed by atoms with Crippen molar-refractivity contribution in [3.8, 4) is 0 Å². The van der Waals surface area contributed by atoms with E-state index in [2.05, 4.69) is 36.3 Å². The number of benzene rings is 1. The van der Waals surface area contributed by atoms with E-state index in [1.807, 2.05) is 12.1 Å². The number of anilines is 1. The van der Waals surface area contributed by atoms with E-state index >= 15 is 0 Å². The third-order valence-corrected chi connectivity index (χ3v) is 4.97. The number of nitrogens with one attached hydrogen (secondary N) is 2. The van der Waals surface area contributed by atoms with Crippen LogP contribution in [-0.2, 0) is 0 Å². The minimum atomic E-state index is -0.396. The first kappa shape index (κ1) is 19.2. The minimum absolute atomic E-state index is 0.0827. The zero-order valence-corrected chi connectivity index (χ0v) is 15.2. The predicted octanol–water partition coefficient (Wildman–Crippen LogP) is 1.24. The number of aliphatic hydroxyl groups is 1. The van der Waals surface area contributed by atoms with E-state index < -0.39 is 5.54 Å². The lowest BCUT2D eigenvalue weighted by Gasteiger charge is -2.44. The van der Waals surface area contributed by atoms with E-state index in [9.17, 15) is 9.59 Å². The molecule has 1 aliphatic heterocycles. The molecule has 0 radical (unpaired) electrons. The molecule has 7 heteroatoms. The van der Waals surface area contributed by atoms with Gasteiger partial charge in [0.1, 0.15) is 6.29 Å². The van der Waals surface area contributed by atoms with Crippen molar-refractivity contribution in [3.63, 3.8) is 0 Å². The second kappa shape index (κ2) is 8.31. The van der Waals surface area contributed by atoms with E-state index in [0.717, 1.165) is 12.0 Å². The lowest BCUT2D eigenvalue weighted by Crippen LogP contribution is -2.60. The molecule has 1 aliphatic rings. The maximum Gasteiger partial charge on any atom is 0.319 e. The molecule has 0 saturated carbocycles. The van der Waals surface area contributed by atoms with Gasteiger partial charge >= 0.3 is 6.03 Å². The van der Waals surface area contributed by atoms with Gasteiger partial charge in [0.05, 0.1) is 25.5 Å². The van der Waals surface area contributed by atoms with Gasteiger partial charge in [0.25, 0.3) is 0 Å². The molecule has 1 fully saturated rings. The molecule has 2 rings (SSSR count). The van der Waals surface area contributed by atoms with Gasteiger partial charge < -0.3 is 20.2 Å². The van der Waals surface area contributed by atoms with Gasteiger partial charge in [-0.05, 0) is 37.1 Å². The Balaban J connectivity index is 2.25. The fourth-order valence-electron chi connectivity index (χ4n) is 3.01. The molecule has 0 spiro atoms. The fraction of sp³-hybridized carbons (Fsp3) is 0.556. The van der Waals surface area contributed by atoms with Crippen LogP contribution in [-0.4, -0.2) is 60.9 Å². The number of rotatable bonds is 5. The molecule has 3 N–H and O–H groups in total. The van der Waals surface area contributed by atoms with E-state index in [0.29, 0.717) is 25.4 Å². The Morgan fingerprint density at radius 3 is 2.60 bits per heavy atom. The highest BCUT2D eigenvalue weighted by atomic mass is 16.3. The van der Waals surface area contributed by atoms with Crippen molar-refractivity contribution in [2.24, 2.45) is 5.92 Å². The maximum atomic E-state index is 12.6. The van der Waals surface area contributed by atoms with Crippen LogP contribution in [0.5, 0.6) is 0 Å². The van der Waals surface area contributed by atoms with E-state index in [1.54, 1.807) is 17.0 Å². The van der Waals surface area contributed by atoms with Crippen LogP contribution < -0.4 is 15.5 Å². The number of carbonyl (C=O) groups excluding carboxylic acids is 2. The number of nitrogens with zero attached hydrogens (tertiary/aromatic N) is 2. The summed E-state index contributed by atoms with van der Waals surface area (Å²) < 4.78 is 0. The lowest BCUT2D eigenvalue weighted by molar-refractivity contribution is 0.0947. The van der Waals surface area contributed by atoms with Crippen molar-refractivity contribution in [3.05, 3.63) is 29.8 Å². The first-order chi connectivity index (χ1) is 11.9. The lowest BCUT2D eigenvalue weighted by atomic mass is 9.86. The van der Waals surface area contributed by atoms with Crippen molar-refractivity contribution in [2.75, 3.05) is 37.9 Å². The first-order valence-electron chi connectivity index (χ1n) is 8.59. The third-order valence-electron chi connectivity index (χ3n) is 4.97. The molecule has 138 valence electrons. The predicted molar refractivity (Wildman–Crippen MR) is 97.6 cm³/mol. The smallest absolute Gasteiger partial charge is 0.319 e. The van der Waals surface area contributed by atoms with Gasteiger partial charge in [0.15, 0.2) is 0 Å². The second-order valence-electron chi connectivity index (χ2n) is 6.87. The molecule has 0 aromatic heterocycles. The number of aldehydes is 1. The summed E-state index contributed by atoms with van der Waals surface area (Å²) in [6, 6.07) is 7.26. The molecule has 1 aromatic rings. The quantitative estimate of drug-likeness (QED) is 0.697. The van der Waals surface area contributed by atoms with E-state index in [1.165, 1.54) is 0 Å². The van der Waals surface area contributed by atoms with Crippen molar-refractivity contribution < 1.29 is 14.7 Å². The summed E-state index contributed by atoms with van der Waals surface area (Å²) in [5.41, 5.74) is 1.25. The van der Waals surface area contributed by atoms with Crippen LogP contribution in [0, 0.1) is 5.92 Å². The topological polar surface area (TPSA) is 84.9 Å².